The van der Waals surface area contributed by atoms with E-state index in [1.165, 1.54) is 11.6 Å². The molecular formula is C17H15FOS. The van der Waals surface area contributed by atoms with Crippen LogP contribution in [0.15, 0.2) is 53.4 Å². The van der Waals surface area contributed by atoms with Gasteiger partial charge < -0.3 is 5.11 Å². The van der Waals surface area contributed by atoms with Crippen molar-refractivity contribution in [2.75, 3.05) is 6.61 Å². The van der Waals surface area contributed by atoms with Gasteiger partial charge in [0.25, 0.3) is 0 Å². The average molecular weight is 286 g/mol. The fraction of sp³-hybridized carbons (Fsp3) is 0.176. The van der Waals surface area contributed by atoms with Gasteiger partial charge in [-0.2, -0.15) is 0 Å². The topological polar surface area (TPSA) is 20.2 Å². The predicted octanol–water partition coefficient (Wildman–Crippen LogP) is 3.85. The van der Waals surface area contributed by atoms with Crippen LogP contribution >= 0.6 is 11.8 Å². The first kappa shape index (κ1) is 14.6. The summed E-state index contributed by atoms with van der Waals surface area (Å²) in [7, 11) is 0. The van der Waals surface area contributed by atoms with Crippen LogP contribution in [0.4, 0.5) is 4.39 Å². The maximum atomic E-state index is 13.0. The third-order valence-corrected chi connectivity index (χ3v) is 3.69. The van der Waals surface area contributed by atoms with Gasteiger partial charge in [-0.1, -0.05) is 30.0 Å². The molecule has 0 heterocycles. The predicted molar refractivity (Wildman–Crippen MR) is 81.0 cm³/mol. The van der Waals surface area contributed by atoms with Gasteiger partial charge in [-0.3, -0.25) is 0 Å². The molecule has 0 bridgehead atoms. The Morgan fingerprint density at radius 3 is 2.60 bits per heavy atom. The summed E-state index contributed by atoms with van der Waals surface area (Å²) in [4.78, 5) is 0.928. The average Bonchev–Trinajstić information content (AvgIpc) is 2.47. The number of aliphatic hydroxyl groups excluding tert-OH is 1. The minimum atomic E-state index is -0.204. The third-order valence-electron chi connectivity index (χ3n) is 2.63. The molecule has 20 heavy (non-hydrogen) atoms. The van der Waals surface area contributed by atoms with Crippen LogP contribution in [0.2, 0.25) is 0 Å². The number of halogens is 1. The molecule has 2 rings (SSSR count). The summed E-state index contributed by atoms with van der Waals surface area (Å²) in [5, 5.41) is 8.65. The Morgan fingerprint density at radius 2 is 1.90 bits per heavy atom. The summed E-state index contributed by atoms with van der Waals surface area (Å²) >= 11 is 1.61. The highest BCUT2D eigenvalue weighted by Gasteiger charge is 1.98. The fourth-order valence-electron chi connectivity index (χ4n) is 1.63. The summed E-state index contributed by atoms with van der Waals surface area (Å²) in [5.74, 6) is 6.47. The van der Waals surface area contributed by atoms with E-state index in [4.69, 9.17) is 5.11 Å². The van der Waals surface area contributed by atoms with Crippen molar-refractivity contribution < 1.29 is 9.50 Å². The van der Waals surface area contributed by atoms with Crippen LogP contribution in [0.25, 0.3) is 0 Å². The smallest absolute Gasteiger partial charge is 0.124 e. The van der Waals surface area contributed by atoms with Gasteiger partial charge in [0.2, 0.25) is 0 Å². The maximum Gasteiger partial charge on any atom is 0.124 e. The van der Waals surface area contributed by atoms with Gasteiger partial charge in [-0.05, 0) is 35.9 Å². The zero-order valence-corrected chi connectivity index (χ0v) is 11.8. The van der Waals surface area contributed by atoms with Gasteiger partial charge in [-0.25, -0.2) is 4.39 Å². The standard InChI is InChI=1S/C17H15FOS/c18-16-5-3-6-17(12-16)20-13-15-9-7-14(8-10-15)4-1-2-11-19/h3,5-10,12,19H,2,11,13H2. The molecule has 0 atom stereocenters. The van der Waals surface area contributed by atoms with Gasteiger partial charge >= 0.3 is 0 Å². The lowest BCUT2D eigenvalue weighted by Crippen LogP contribution is -1.83. The Bertz CT molecular complexity index is 611. The molecule has 0 amide bonds. The van der Waals surface area contributed by atoms with Crippen LogP contribution < -0.4 is 0 Å². The van der Waals surface area contributed by atoms with Crippen molar-refractivity contribution in [3.05, 3.63) is 65.5 Å². The SMILES string of the molecule is OCCC#Cc1ccc(CSc2cccc(F)c2)cc1. The lowest BCUT2D eigenvalue weighted by Gasteiger charge is -2.02. The third kappa shape index (κ3) is 4.73. The maximum absolute atomic E-state index is 13.0. The molecule has 2 aromatic carbocycles. The number of hydrogen-bond acceptors (Lipinski definition) is 2. The van der Waals surface area contributed by atoms with Crippen LogP contribution in [-0.4, -0.2) is 11.7 Å². The van der Waals surface area contributed by atoms with E-state index < -0.39 is 0 Å². The largest absolute Gasteiger partial charge is 0.395 e. The number of aliphatic hydroxyl groups is 1. The number of hydrogen-bond donors (Lipinski definition) is 1. The highest BCUT2D eigenvalue weighted by atomic mass is 32.2. The number of thioether (sulfide) groups is 1. The molecule has 1 nitrogen and oxygen atoms in total. The van der Waals surface area contributed by atoms with Crippen molar-refractivity contribution in [2.45, 2.75) is 17.1 Å². The first-order chi connectivity index (χ1) is 9.78. The monoisotopic (exact) mass is 286 g/mol. The first-order valence-corrected chi connectivity index (χ1v) is 7.33. The van der Waals surface area contributed by atoms with E-state index in [0.29, 0.717) is 6.42 Å². The molecule has 3 heteroatoms. The second-order valence-corrected chi connectivity index (χ2v) is 5.27. The Balaban J connectivity index is 1.93. The second kappa shape index (κ2) is 7.74. The lowest BCUT2D eigenvalue weighted by atomic mass is 10.1. The molecule has 0 aliphatic heterocycles. The van der Waals surface area contributed by atoms with E-state index >= 15 is 0 Å². The molecule has 0 saturated heterocycles. The minimum Gasteiger partial charge on any atom is -0.395 e. The highest BCUT2D eigenvalue weighted by Crippen LogP contribution is 2.23. The molecule has 2 aromatic rings. The fourth-order valence-corrected chi connectivity index (χ4v) is 2.52. The molecular weight excluding hydrogens is 271 g/mol. The first-order valence-electron chi connectivity index (χ1n) is 6.35. The Labute approximate surface area is 122 Å². The van der Waals surface area contributed by atoms with Crippen molar-refractivity contribution in [2.24, 2.45) is 0 Å². The van der Waals surface area contributed by atoms with Crippen molar-refractivity contribution >= 4 is 11.8 Å². The van der Waals surface area contributed by atoms with Crippen molar-refractivity contribution in [1.82, 2.24) is 0 Å². The Morgan fingerprint density at radius 1 is 1.10 bits per heavy atom. The van der Waals surface area contributed by atoms with E-state index in [2.05, 4.69) is 11.8 Å². The van der Waals surface area contributed by atoms with Crippen LogP contribution in [0.3, 0.4) is 0 Å². The van der Waals surface area contributed by atoms with Crippen LogP contribution in [-0.2, 0) is 5.75 Å². The van der Waals surface area contributed by atoms with Gasteiger partial charge in [0.15, 0.2) is 0 Å². The van der Waals surface area contributed by atoms with Gasteiger partial charge in [0.05, 0.1) is 6.61 Å². The lowest BCUT2D eigenvalue weighted by molar-refractivity contribution is 0.305. The van der Waals surface area contributed by atoms with E-state index in [0.717, 1.165) is 16.2 Å². The summed E-state index contributed by atoms with van der Waals surface area (Å²) in [6.45, 7) is 0.0926. The molecule has 0 fully saturated rings. The molecule has 1 N–H and O–H groups in total. The minimum absolute atomic E-state index is 0.0926. The molecule has 0 aliphatic carbocycles. The summed E-state index contributed by atoms with van der Waals surface area (Å²) in [6, 6.07) is 14.6. The van der Waals surface area contributed by atoms with E-state index in [-0.39, 0.29) is 12.4 Å². The number of rotatable bonds is 4. The van der Waals surface area contributed by atoms with E-state index in [9.17, 15) is 4.39 Å². The summed E-state index contributed by atoms with van der Waals surface area (Å²) in [5.41, 5.74) is 2.12. The van der Waals surface area contributed by atoms with Gasteiger partial charge in [0, 0.05) is 22.6 Å². The van der Waals surface area contributed by atoms with Crippen LogP contribution in [0.1, 0.15) is 17.5 Å². The van der Waals surface area contributed by atoms with Crippen molar-refractivity contribution in [3.8, 4) is 11.8 Å². The van der Waals surface area contributed by atoms with E-state index in [1.807, 2.05) is 30.3 Å². The van der Waals surface area contributed by atoms with Gasteiger partial charge in [-0.15, -0.1) is 11.8 Å². The molecule has 0 unspecified atom stereocenters. The zero-order valence-electron chi connectivity index (χ0n) is 11.0. The molecule has 0 spiro atoms. The van der Waals surface area contributed by atoms with E-state index in [1.54, 1.807) is 23.9 Å². The molecule has 0 aromatic heterocycles. The summed E-state index contributed by atoms with van der Waals surface area (Å²) < 4.78 is 13.0. The normalized spacial score (nSPS) is 9.90. The van der Waals surface area contributed by atoms with Crippen LogP contribution in [0, 0.1) is 17.7 Å². The second-order valence-electron chi connectivity index (χ2n) is 4.22. The van der Waals surface area contributed by atoms with Crippen molar-refractivity contribution in [3.63, 3.8) is 0 Å². The Kier molecular flexibility index (Phi) is 5.67. The summed E-state index contributed by atoms with van der Waals surface area (Å²) in [6.07, 6.45) is 0.497. The number of benzene rings is 2. The van der Waals surface area contributed by atoms with Gasteiger partial charge in [0.1, 0.15) is 5.82 Å². The Hall–Kier alpha value is -1.76. The quantitative estimate of drug-likeness (QED) is 0.680. The molecule has 0 radical (unpaired) electrons. The van der Waals surface area contributed by atoms with Crippen molar-refractivity contribution in [1.29, 1.82) is 0 Å². The molecule has 0 aliphatic rings. The zero-order chi connectivity index (χ0) is 14.2. The van der Waals surface area contributed by atoms with Crippen LogP contribution in [0.5, 0.6) is 0 Å². The molecule has 102 valence electrons. The molecule has 0 saturated carbocycles. The highest BCUT2D eigenvalue weighted by molar-refractivity contribution is 7.98.